The van der Waals surface area contributed by atoms with Gasteiger partial charge >= 0.3 is 0 Å². The summed E-state index contributed by atoms with van der Waals surface area (Å²) in [6.07, 6.45) is 3.92. The highest BCUT2D eigenvalue weighted by molar-refractivity contribution is 5.82. The number of ketones is 1. The molecule has 4 nitrogen and oxygen atoms in total. The number of rotatable bonds is 1. The van der Waals surface area contributed by atoms with E-state index in [1.807, 2.05) is 0 Å². The molecule has 2 atom stereocenters. The normalized spacial score (nSPS) is 37.3. The van der Waals surface area contributed by atoms with Gasteiger partial charge in [-0.3, -0.25) is 4.79 Å². The van der Waals surface area contributed by atoms with E-state index in [0.29, 0.717) is 6.42 Å². The van der Waals surface area contributed by atoms with Gasteiger partial charge in [-0.25, -0.2) is 0 Å². The standard InChI is InChI=1S/C14H26N2O2/c1-15-8-3-6-14(18,7-11-15)12-4-9-16(2)10-5-13(12)17/h12,18H,3-11H2,1-2H3. The molecule has 2 aliphatic rings. The number of hydrogen-bond acceptors (Lipinski definition) is 4. The zero-order valence-electron chi connectivity index (χ0n) is 11.7. The van der Waals surface area contributed by atoms with Crippen LogP contribution in [0.15, 0.2) is 0 Å². The second-order valence-corrected chi connectivity index (χ2v) is 6.12. The molecule has 2 saturated heterocycles. The van der Waals surface area contributed by atoms with E-state index in [1.165, 1.54) is 0 Å². The first-order chi connectivity index (χ1) is 8.51. The van der Waals surface area contributed by atoms with Gasteiger partial charge in [0.05, 0.1) is 5.60 Å². The highest BCUT2D eigenvalue weighted by Gasteiger charge is 2.42. The van der Waals surface area contributed by atoms with Crippen LogP contribution in [0, 0.1) is 5.92 Å². The molecule has 2 unspecified atom stereocenters. The number of likely N-dealkylation sites (tertiary alicyclic amines) is 2. The van der Waals surface area contributed by atoms with Crippen LogP contribution >= 0.6 is 0 Å². The van der Waals surface area contributed by atoms with Gasteiger partial charge in [0.1, 0.15) is 5.78 Å². The van der Waals surface area contributed by atoms with E-state index in [0.717, 1.165) is 51.9 Å². The zero-order valence-corrected chi connectivity index (χ0v) is 11.7. The maximum atomic E-state index is 12.3. The van der Waals surface area contributed by atoms with Crippen LogP contribution in [-0.4, -0.2) is 66.6 Å². The van der Waals surface area contributed by atoms with Crippen LogP contribution in [0.4, 0.5) is 0 Å². The first-order valence-electron chi connectivity index (χ1n) is 7.13. The number of Topliss-reactive ketones (excluding diaryl/α,β-unsaturated/α-hetero) is 1. The van der Waals surface area contributed by atoms with Crippen LogP contribution in [0.25, 0.3) is 0 Å². The molecule has 0 aromatic carbocycles. The number of hydrogen-bond donors (Lipinski definition) is 1. The lowest BCUT2D eigenvalue weighted by atomic mass is 9.77. The first-order valence-corrected chi connectivity index (χ1v) is 7.13. The lowest BCUT2D eigenvalue weighted by Gasteiger charge is -2.34. The van der Waals surface area contributed by atoms with E-state index >= 15 is 0 Å². The van der Waals surface area contributed by atoms with Crippen LogP contribution in [0.2, 0.25) is 0 Å². The van der Waals surface area contributed by atoms with Crippen molar-refractivity contribution < 1.29 is 9.90 Å². The van der Waals surface area contributed by atoms with Gasteiger partial charge in [-0.05, 0) is 52.9 Å². The van der Waals surface area contributed by atoms with Gasteiger partial charge in [-0.1, -0.05) is 0 Å². The average Bonchev–Trinajstić information content (AvgIpc) is 2.59. The molecule has 0 bridgehead atoms. The lowest BCUT2D eigenvalue weighted by Crippen LogP contribution is -2.43. The number of nitrogens with zero attached hydrogens (tertiary/aromatic N) is 2. The summed E-state index contributed by atoms with van der Waals surface area (Å²) >= 11 is 0. The molecule has 0 aromatic rings. The van der Waals surface area contributed by atoms with Gasteiger partial charge in [0.2, 0.25) is 0 Å². The van der Waals surface area contributed by atoms with Crippen LogP contribution in [-0.2, 0) is 4.79 Å². The number of carbonyl (C=O) groups excluding carboxylic acids is 1. The fourth-order valence-electron chi connectivity index (χ4n) is 3.29. The third kappa shape index (κ3) is 3.11. The fourth-order valence-corrected chi connectivity index (χ4v) is 3.29. The summed E-state index contributed by atoms with van der Waals surface area (Å²) in [6, 6.07) is 0. The zero-order chi connectivity index (χ0) is 13.2. The Morgan fingerprint density at radius 2 is 1.83 bits per heavy atom. The van der Waals surface area contributed by atoms with Crippen molar-refractivity contribution in [1.29, 1.82) is 0 Å². The summed E-state index contributed by atoms with van der Waals surface area (Å²) in [7, 11) is 4.15. The summed E-state index contributed by atoms with van der Waals surface area (Å²) in [6.45, 7) is 3.69. The Morgan fingerprint density at radius 3 is 2.61 bits per heavy atom. The molecule has 2 aliphatic heterocycles. The largest absolute Gasteiger partial charge is 0.389 e. The molecule has 2 heterocycles. The summed E-state index contributed by atoms with van der Waals surface area (Å²) < 4.78 is 0. The Hall–Kier alpha value is -0.450. The molecule has 0 spiro atoms. The SMILES string of the molecule is CN1CCC(=O)C(C2(O)CCCN(C)CC2)CC1. The van der Waals surface area contributed by atoms with E-state index in [-0.39, 0.29) is 11.7 Å². The van der Waals surface area contributed by atoms with Gasteiger partial charge < -0.3 is 14.9 Å². The quantitative estimate of drug-likeness (QED) is 0.750. The molecule has 18 heavy (non-hydrogen) atoms. The maximum absolute atomic E-state index is 12.3. The van der Waals surface area contributed by atoms with Crippen LogP contribution in [0.3, 0.4) is 0 Å². The second kappa shape index (κ2) is 5.68. The smallest absolute Gasteiger partial charge is 0.140 e. The van der Waals surface area contributed by atoms with E-state index in [1.54, 1.807) is 0 Å². The molecule has 0 aliphatic carbocycles. The molecule has 0 amide bonds. The van der Waals surface area contributed by atoms with Gasteiger partial charge in [-0.15, -0.1) is 0 Å². The summed E-state index contributed by atoms with van der Waals surface area (Å²) in [5.41, 5.74) is -0.757. The molecule has 0 saturated carbocycles. The number of carbonyl (C=O) groups is 1. The van der Waals surface area contributed by atoms with E-state index < -0.39 is 5.60 Å². The van der Waals surface area contributed by atoms with Crippen LogP contribution in [0.5, 0.6) is 0 Å². The average molecular weight is 254 g/mol. The molecular formula is C14H26N2O2. The molecule has 2 fully saturated rings. The summed E-state index contributed by atoms with van der Waals surface area (Å²) in [4.78, 5) is 16.7. The Balaban J connectivity index is 2.09. The topological polar surface area (TPSA) is 43.8 Å². The molecule has 4 heteroatoms. The minimum atomic E-state index is -0.757. The van der Waals surface area contributed by atoms with Crippen LogP contribution in [0.1, 0.15) is 32.1 Å². The van der Waals surface area contributed by atoms with Crippen molar-refractivity contribution in [3.8, 4) is 0 Å². The number of aliphatic hydroxyl groups is 1. The molecule has 2 rings (SSSR count). The third-order valence-electron chi connectivity index (χ3n) is 4.65. The van der Waals surface area contributed by atoms with Gasteiger partial charge in [0, 0.05) is 25.4 Å². The highest BCUT2D eigenvalue weighted by atomic mass is 16.3. The van der Waals surface area contributed by atoms with Gasteiger partial charge in [-0.2, -0.15) is 0 Å². The molecule has 1 N–H and O–H groups in total. The highest BCUT2D eigenvalue weighted by Crippen LogP contribution is 2.34. The Labute approximate surface area is 110 Å². The van der Waals surface area contributed by atoms with E-state index in [4.69, 9.17) is 0 Å². The molecule has 0 radical (unpaired) electrons. The molecule has 104 valence electrons. The molecular weight excluding hydrogens is 228 g/mol. The minimum absolute atomic E-state index is 0.144. The Morgan fingerprint density at radius 1 is 1.11 bits per heavy atom. The predicted octanol–water partition coefficient (Wildman–Crippen LogP) is 0.744. The van der Waals surface area contributed by atoms with E-state index in [2.05, 4.69) is 23.9 Å². The Kier molecular flexibility index (Phi) is 4.41. The van der Waals surface area contributed by atoms with Crippen molar-refractivity contribution >= 4 is 5.78 Å². The van der Waals surface area contributed by atoms with Crippen molar-refractivity contribution in [3.63, 3.8) is 0 Å². The predicted molar refractivity (Wildman–Crippen MR) is 71.5 cm³/mol. The third-order valence-corrected chi connectivity index (χ3v) is 4.65. The monoisotopic (exact) mass is 254 g/mol. The Bertz CT molecular complexity index is 308. The summed E-state index contributed by atoms with van der Waals surface area (Å²) in [5.74, 6) is 0.125. The van der Waals surface area contributed by atoms with Crippen molar-refractivity contribution in [2.75, 3.05) is 40.3 Å². The lowest BCUT2D eigenvalue weighted by molar-refractivity contribution is -0.133. The van der Waals surface area contributed by atoms with Crippen molar-refractivity contribution in [2.24, 2.45) is 5.92 Å². The van der Waals surface area contributed by atoms with Crippen molar-refractivity contribution in [2.45, 2.75) is 37.7 Å². The van der Waals surface area contributed by atoms with Gasteiger partial charge in [0.25, 0.3) is 0 Å². The van der Waals surface area contributed by atoms with Gasteiger partial charge in [0.15, 0.2) is 0 Å². The first kappa shape index (κ1) is 14.0. The second-order valence-electron chi connectivity index (χ2n) is 6.12. The minimum Gasteiger partial charge on any atom is -0.389 e. The van der Waals surface area contributed by atoms with E-state index in [9.17, 15) is 9.90 Å². The maximum Gasteiger partial charge on any atom is 0.140 e. The fraction of sp³-hybridized carbons (Fsp3) is 0.929. The van der Waals surface area contributed by atoms with Crippen molar-refractivity contribution in [3.05, 3.63) is 0 Å². The summed E-state index contributed by atoms with van der Waals surface area (Å²) in [5, 5.41) is 10.9. The molecule has 0 aromatic heterocycles. The van der Waals surface area contributed by atoms with Crippen molar-refractivity contribution in [1.82, 2.24) is 9.80 Å². The van der Waals surface area contributed by atoms with Crippen LogP contribution < -0.4 is 0 Å².